The van der Waals surface area contributed by atoms with E-state index in [1.54, 1.807) is 6.07 Å². The van der Waals surface area contributed by atoms with Gasteiger partial charge in [-0.3, -0.25) is 0 Å². The number of hydrogen-bond donors (Lipinski definition) is 1. The van der Waals surface area contributed by atoms with Crippen molar-refractivity contribution < 1.29 is 0 Å². The van der Waals surface area contributed by atoms with Crippen LogP contribution in [0.3, 0.4) is 0 Å². The fourth-order valence-electron chi connectivity index (χ4n) is 1.42. The van der Waals surface area contributed by atoms with Crippen molar-refractivity contribution in [3.8, 4) is 6.07 Å². The summed E-state index contributed by atoms with van der Waals surface area (Å²) in [5.74, 6) is 0.871. The van der Waals surface area contributed by atoms with E-state index in [4.69, 9.17) is 5.26 Å². The van der Waals surface area contributed by atoms with Gasteiger partial charge in [-0.25, -0.2) is 4.98 Å². The first kappa shape index (κ1) is 8.97. The molecule has 4 nitrogen and oxygen atoms in total. The molecule has 0 saturated carbocycles. The van der Waals surface area contributed by atoms with Crippen LogP contribution in [0.2, 0.25) is 0 Å². The molecule has 72 valence electrons. The average molecular weight is 188 g/mol. The molecule has 1 N–H and O–H groups in total. The van der Waals surface area contributed by atoms with Crippen LogP contribution in [0.15, 0.2) is 18.2 Å². The molecule has 0 spiro atoms. The molecule has 14 heavy (non-hydrogen) atoms. The largest absolute Gasteiger partial charge is 0.354 e. The van der Waals surface area contributed by atoms with Gasteiger partial charge >= 0.3 is 0 Å². The molecule has 2 heterocycles. The zero-order valence-electron chi connectivity index (χ0n) is 8.07. The van der Waals surface area contributed by atoms with E-state index in [1.807, 2.05) is 25.2 Å². The number of likely N-dealkylation sites (N-methyl/N-ethyl adjacent to an activating group) is 1. The van der Waals surface area contributed by atoms with Crippen molar-refractivity contribution in [2.45, 2.75) is 6.04 Å². The Balaban J connectivity index is 2.18. The third kappa shape index (κ3) is 1.54. The van der Waals surface area contributed by atoms with Crippen LogP contribution in [0.4, 0.5) is 5.82 Å². The molecule has 1 aliphatic rings. The van der Waals surface area contributed by atoms with Crippen LogP contribution in [0.5, 0.6) is 0 Å². The Morgan fingerprint density at radius 1 is 1.57 bits per heavy atom. The topological polar surface area (TPSA) is 52.0 Å². The minimum Gasteiger partial charge on any atom is -0.354 e. The van der Waals surface area contributed by atoms with Gasteiger partial charge in [0, 0.05) is 20.1 Å². The monoisotopic (exact) mass is 188 g/mol. The zero-order valence-corrected chi connectivity index (χ0v) is 8.07. The highest BCUT2D eigenvalue weighted by Gasteiger charge is 2.22. The maximum absolute atomic E-state index is 8.71. The predicted molar refractivity (Wildman–Crippen MR) is 54.0 cm³/mol. The normalized spacial score (nSPS) is 15.7. The van der Waals surface area contributed by atoms with Crippen LogP contribution in [0.1, 0.15) is 5.69 Å². The first-order valence-corrected chi connectivity index (χ1v) is 4.62. The second kappa shape index (κ2) is 3.64. The summed E-state index contributed by atoms with van der Waals surface area (Å²) in [7, 11) is 2.01. The summed E-state index contributed by atoms with van der Waals surface area (Å²) in [6.45, 7) is 1.99. The van der Waals surface area contributed by atoms with Crippen molar-refractivity contribution >= 4 is 5.82 Å². The highest BCUT2D eigenvalue weighted by Crippen LogP contribution is 2.14. The standard InChI is InChI=1S/C10H12N4/c1-14(9-6-12-7-9)10-4-2-3-8(5-11)13-10/h2-4,9,12H,6-7H2,1H3. The maximum atomic E-state index is 8.71. The molecule has 0 aromatic carbocycles. The van der Waals surface area contributed by atoms with Gasteiger partial charge < -0.3 is 10.2 Å². The van der Waals surface area contributed by atoms with Crippen LogP contribution >= 0.6 is 0 Å². The highest BCUT2D eigenvalue weighted by molar-refractivity contribution is 5.42. The summed E-state index contributed by atoms with van der Waals surface area (Å²) in [6, 6.07) is 8.07. The third-order valence-electron chi connectivity index (χ3n) is 2.52. The molecule has 0 amide bonds. The number of anilines is 1. The van der Waals surface area contributed by atoms with Gasteiger partial charge in [0.05, 0.1) is 6.04 Å². The van der Waals surface area contributed by atoms with E-state index in [0.29, 0.717) is 11.7 Å². The van der Waals surface area contributed by atoms with E-state index in [-0.39, 0.29) is 0 Å². The highest BCUT2D eigenvalue weighted by atomic mass is 15.3. The molecule has 0 radical (unpaired) electrons. The van der Waals surface area contributed by atoms with Crippen molar-refractivity contribution in [1.29, 1.82) is 5.26 Å². The third-order valence-corrected chi connectivity index (χ3v) is 2.52. The van der Waals surface area contributed by atoms with Gasteiger partial charge in [-0.2, -0.15) is 5.26 Å². The number of nitrogens with zero attached hydrogens (tertiary/aromatic N) is 3. The Hall–Kier alpha value is -1.60. The molecule has 1 saturated heterocycles. The van der Waals surface area contributed by atoms with Crippen LogP contribution in [0, 0.1) is 11.3 Å². The Kier molecular flexibility index (Phi) is 2.33. The van der Waals surface area contributed by atoms with Gasteiger partial charge in [0.25, 0.3) is 0 Å². The molecule has 0 bridgehead atoms. The number of hydrogen-bond acceptors (Lipinski definition) is 4. The van der Waals surface area contributed by atoms with Crippen molar-refractivity contribution in [3.05, 3.63) is 23.9 Å². The molecule has 1 aliphatic heterocycles. The van der Waals surface area contributed by atoms with Crippen molar-refractivity contribution in [2.24, 2.45) is 0 Å². The van der Waals surface area contributed by atoms with E-state index in [9.17, 15) is 0 Å². The van der Waals surface area contributed by atoms with Crippen molar-refractivity contribution in [3.63, 3.8) is 0 Å². The van der Waals surface area contributed by atoms with Crippen molar-refractivity contribution in [2.75, 3.05) is 25.0 Å². The second-order valence-corrected chi connectivity index (χ2v) is 3.42. The van der Waals surface area contributed by atoms with Gasteiger partial charge in [0.2, 0.25) is 0 Å². The van der Waals surface area contributed by atoms with Crippen LogP contribution in [-0.4, -0.2) is 31.2 Å². The fraction of sp³-hybridized carbons (Fsp3) is 0.400. The molecule has 1 aromatic heterocycles. The predicted octanol–water partition coefficient (Wildman–Crippen LogP) is 0.361. The smallest absolute Gasteiger partial charge is 0.142 e. The molecular weight excluding hydrogens is 176 g/mol. The molecule has 4 heteroatoms. The summed E-state index contributed by atoms with van der Waals surface area (Å²) in [5, 5.41) is 11.9. The van der Waals surface area contributed by atoms with Crippen LogP contribution in [0.25, 0.3) is 0 Å². The zero-order chi connectivity index (χ0) is 9.97. The van der Waals surface area contributed by atoms with Crippen molar-refractivity contribution in [1.82, 2.24) is 10.3 Å². The molecular formula is C10H12N4. The van der Waals surface area contributed by atoms with E-state index < -0.39 is 0 Å². The van der Waals surface area contributed by atoms with E-state index in [0.717, 1.165) is 18.9 Å². The van der Waals surface area contributed by atoms with E-state index in [1.165, 1.54) is 0 Å². The molecule has 0 aliphatic carbocycles. The molecule has 1 aromatic rings. The summed E-state index contributed by atoms with van der Waals surface area (Å²) in [4.78, 5) is 6.34. The Morgan fingerprint density at radius 3 is 2.93 bits per heavy atom. The number of rotatable bonds is 2. The molecule has 0 atom stereocenters. The van der Waals surface area contributed by atoms with Gasteiger partial charge in [0.15, 0.2) is 0 Å². The van der Waals surface area contributed by atoms with Crippen LogP contribution < -0.4 is 10.2 Å². The van der Waals surface area contributed by atoms with E-state index >= 15 is 0 Å². The second-order valence-electron chi connectivity index (χ2n) is 3.42. The SMILES string of the molecule is CN(c1cccc(C#N)n1)C1CNC1. The summed E-state index contributed by atoms with van der Waals surface area (Å²) < 4.78 is 0. The minimum absolute atomic E-state index is 0.474. The quantitative estimate of drug-likeness (QED) is 0.728. The summed E-state index contributed by atoms with van der Waals surface area (Å²) >= 11 is 0. The lowest BCUT2D eigenvalue weighted by Crippen LogP contribution is -2.56. The molecule has 0 unspecified atom stereocenters. The van der Waals surface area contributed by atoms with E-state index in [2.05, 4.69) is 15.2 Å². The minimum atomic E-state index is 0.474. The van der Waals surface area contributed by atoms with Gasteiger partial charge in [-0.1, -0.05) is 6.07 Å². The lowest BCUT2D eigenvalue weighted by Gasteiger charge is -2.36. The Bertz CT molecular complexity index is 365. The first-order valence-electron chi connectivity index (χ1n) is 4.62. The fourth-order valence-corrected chi connectivity index (χ4v) is 1.42. The number of aromatic nitrogens is 1. The summed E-state index contributed by atoms with van der Waals surface area (Å²) in [5.41, 5.74) is 0.474. The number of nitrogens with one attached hydrogen (secondary N) is 1. The van der Waals surface area contributed by atoms with Gasteiger partial charge in [-0.05, 0) is 12.1 Å². The first-order chi connectivity index (χ1) is 6.81. The Labute approximate surface area is 83.2 Å². The lowest BCUT2D eigenvalue weighted by molar-refractivity contribution is 0.427. The van der Waals surface area contributed by atoms with Gasteiger partial charge in [0.1, 0.15) is 17.6 Å². The van der Waals surface area contributed by atoms with Crippen LogP contribution in [-0.2, 0) is 0 Å². The number of pyridine rings is 1. The number of nitriles is 1. The maximum Gasteiger partial charge on any atom is 0.142 e. The molecule has 1 fully saturated rings. The molecule has 2 rings (SSSR count). The lowest BCUT2D eigenvalue weighted by atomic mass is 10.1. The summed E-state index contributed by atoms with van der Waals surface area (Å²) in [6.07, 6.45) is 0. The van der Waals surface area contributed by atoms with Gasteiger partial charge in [-0.15, -0.1) is 0 Å². The Morgan fingerprint density at radius 2 is 2.36 bits per heavy atom. The average Bonchev–Trinajstić information content (AvgIpc) is 2.15.